The molecule has 0 heterocycles. The number of imide groups is 1. The van der Waals surface area contributed by atoms with Gasteiger partial charge >= 0.3 is 11.8 Å². The third kappa shape index (κ3) is 5.00. The monoisotopic (exact) mass is 291 g/mol. The highest BCUT2D eigenvalue weighted by Gasteiger charge is 2.25. The van der Waals surface area contributed by atoms with Gasteiger partial charge in [-0.2, -0.15) is 0 Å². The topological polar surface area (TPSA) is 83.7 Å². The molecule has 1 aromatic rings. The molecule has 0 fully saturated rings. The summed E-state index contributed by atoms with van der Waals surface area (Å²) in [6.45, 7) is 3.04. The first kappa shape index (κ1) is 16.8. The van der Waals surface area contributed by atoms with Gasteiger partial charge in [-0.1, -0.05) is 30.3 Å². The van der Waals surface area contributed by atoms with Crippen LogP contribution in [0.1, 0.15) is 18.9 Å². The number of nitrogens with two attached hydrogens (primary N) is 1. The highest BCUT2D eigenvalue weighted by molar-refractivity contribution is 6.36. The van der Waals surface area contributed by atoms with Gasteiger partial charge in [0.25, 0.3) is 0 Å². The summed E-state index contributed by atoms with van der Waals surface area (Å²) in [6, 6.07) is 9.38. The van der Waals surface area contributed by atoms with Crippen molar-refractivity contribution in [2.45, 2.75) is 19.9 Å². The lowest BCUT2D eigenvalue weighted by atomic mass is 10.2. The molecule has 21 heavy (non-hydrogen) atoms. The zero-order valence-electron chi connectivity index (χ0n) is 12.2. The molecule has 1 rings (SSSR count). The molecule has 0 bridgehead atoms. The third-order valence-corrected chi connectivity index (χ3v) is 3.06. The molecule has 0 aliphatic carbocycles. The number of rotatable bonds is 7. The molecule has 1 aromatic carbocycles. The Morgan fingerprint density at radius 1 is 1.19 bits per heavy atom. The summed E-state index contributed by atoms with van der Waals surface area (Å²) in [6.07, 6.45) is 0.856. The summed E-state index contributed by atoms with van der Waals surface area (Å²) >= 11 is 0. The molecule has 0 aromatic heterocycles. The van der Waals surface area contributed by atoms with E-state index in [-0.39, 0.29) is 6.54 Å². The maximum Gasteiger partial charge on any atom is 0.318 e. The molecule has 0 saturated carbocycles. The van der Waals surface area contributed by atoms with Crippen molar-refractivity contribution in [3.05, 3.63) is 35.9 Å². The maximum atomic E-state index is 12.2. The first-order valence-electron chi connectivity index (χ1n) is 6.93. The molecule has 2 N–H and O–H groups in total. The van der Waals surface area contributed by atoms with Crippen LogP contribution in [0.3, 0.4) is 0 Å². The van der Waals surface area contributed by atoms with E-state index < -0.39 is 11.8 Å². The van der Waals surface area contributed by atoms with Gasteiger partial charge in [0.15, 0.2) is 0 Å². The van der Waals surface area contributed by atoms with Gasteiger partial charge in [0.1, 0.15) is 0 Å². The van der Waals surface area contributed by atoms with Gasteiger partial charge in [0.2, 0.25) is 6.41 Å². The van der Waals surface area contributed by atoms with E-state index in [1.165, 1.54) is 4.90 Å². The van der Waals surface area contributed by atoms with Crippen molar-refractivity contribution in [1.82, 2.24) is 9.80 Å². The molecular weight excluding hydrogens is 270 g/mol. The van der Waals surface area contributed by atoms with Gasteiger partial charge in [-0.05, 0) is 25.5 Å². The van der Waals surface area contributed by atoms with Crippen molar-refractivity contribution in [3.8, 4) is 0 Å². The van der Waals surface area contributed by atoms with Crippen LogP contribution in [-0.2, 0) is 20.9 Å². The number of carbonyl (C=O) groups is 3. The number of carbonyl (C=O) groups excluding carboxylic acids is 3. The van der Waals surface area contributed by atoms with Gasteiger partial charge in [0.05, 0.1) is 0 Å². The van der Waals surface area contributed by atoms with Crippen molar-refractivity contribution in [1.29, 1.82) is 0 Å². The second kappa shape index (κ2) is 8.86. The Hall–Kier alpha value is -2.21. The highest BCUT2D eigenvalue weighted by atomic mass is 16.2. The lowest BCUT2D eigenvalue weighted by Crippen LogP contribution is -2.45. The van der Waals surface area contributed by atoms with E-state index in [0.717, 1.165) is 10.5 Å². The number of hydrogen-bond acceptors (Lipinski definition) is 4. The van der Waals surface area contributed by atoms with Gasteiger partial charge in [-0.3, -0.25) is 19.3 Å². The molecule has 6 nitrogen and oxygen atoms in total. The predicted molar refractivity (Wildman–Crippen MR) is 79.0 cm³/mol. The molecule has 6 heteroatoms. The maximum absolute atomic E-state index is 12.2. The van der Waals surface area contributed by atoms with Crippen LogP contribution in [0.4, 0.5) is 0 Å². The third-order valence-electron chi connectivity index (χ3n) is 3.06. The summed E-state index contributed by atoms with van der Waals surface area (Å²) in [5, 5.41) is 0. The van der Waals surface area contributed by atoms with E-state index in [1.807, 2.05) is 30.3 Å². The first-order chi connectivity index (χ1) is 10.1. The van der Waals surface area contributed by atoms with Crippen molar-refractivity contribution in [2.75, 3.05) is 19.6 Å². The molecular formula is C15H21N3O3. The summed E-state index contributed by atoms with van der Waals surface area (Å²) in [5.41, 5.74) is 6.28. The van der Waals surface area contributed by atoms with E-state index in [9.17, 15) is 14.4 Å². The number of likely N-dealkylation sites (N-methyl/N-ethyl adjacent to an activating group) is 1. The van der Waals surface area contributed by atoms with E-state index in [1.54, 1.807) is 6.92 Å². The zero-order chi connectivity index (χ0) is 15.7. The predicted octanol–water partition coefficient (Wildman–Crippen LogP) is 0.369. The van der Waals surface area contributed by atoms with E-state index >= 15 is 0 Å². The van der Waals surface area contributed by atoms with E-state index in [0.29, 0.717) is 32.5 Å². The molecule has 0 spiro atoms. The van der Waals surface area contributed by atoms with Crippen molar-refractivity contribution >= 4 is 18.2 Å². The number of nitrogens with zero attached hydrogens (tertiary/aromatic N) is 2. The Morgan fingerprint density at radius 2 is 1.86 bits per heavy atom. The molecule has 0 aliphatic rings. The van der Waals surface area contributed by atoms with Gasteiger partial charge in [0, 0.05) is 19.6 Å². The minimum atomic E-state index is -0.809. The lowest BCUT2D eigenvalue weighted by molar-refractivity contribution is -0.154. The Kier molecular flexibility index (Phi) is 7.11. The van der Waals surface area contributed by atoms with Crippen LogP contribution < -0.4 is 5.73 Å². The summed E-state index contributed by atoms with van der Waals surface area (Å²) in [7, 11) is 0. The number of amides is 3. The minimum absolute atomic E-state index is 0.160. The smallest absolute Gasteiger partial charge is 0.318 e. The number of benzene rings is 1. The van der Waals surface area contributed by atoms with Crippen molar-refractivity contribution in [2.24, 2.45) is 5.73 Å². The fourth-order valence-corrected chi connectivity index (χ4v) is 1.85. The lowest BCUT2D eigenvalue weighted by Gasteiger charge is -2.23. The molecule has 0 unspecified atom stereocenters. The SMILES string of the molecule is CCN(Cc1ccccc1)C(=O)C(=O)N(C=O)CCCN. The quantitative estimate of drug-likeness (QED) is 0.581. The standard InChI is InChI=1S/C15H21N3O3/c1-2-17(11-13-7-4-3-5-8-13)14(20)15(21)18(12-19)10-6-9-16/h3-5,7-8,12H,2,6,9-11,16H2,1H3. The second-order valence-electron chi connectivity index (χ2n) is 4.55. The average Bonchev–Trinajstić information content (AvgIpc) is 2.53. The molecule has 114 valence electrons. The average molecular weight is 291 g/mol. The van der Waals surface area contributed by atoms with Gasteiger partial charge < -0.3 is 10.6 Å². The van der Waals surface area contributed by atoms with Crippen LogP contribution in [0.15, 0.2) is 30.3 Å². The normalized spacial score (nSPS) is 10.0. The van der Waals surface area contributed by atoms with Crippen LogP contribution >= 0.6 is 0 Å². The highest BCUT2D eigenvalue weighted by Crippen LogP contribution is 2.06. The largest absolute Gasteiger partial charge is 0.330 e. The van der Waals surface area contributed by atoms with Crippen LogP contribution in [0.25, 0.3) is 0 Å². The van der Waals surface area contributed by atoms with Gasteiger partial charge in [-0.25, -0.2) is 0 Å². The van der Waals surface area contributed by atoms with Crippen LogP contribution in [0, 0.1) is 0 Å². The Morgan fingerprint density at radius 3 is 2.38 bits per heavy atom. The minimum Gasteiger partial charge on any atom is -0.330 e. The van der Waals surface area contributed by atoms with Crippen molar-refractivity contribution < 1.29 is 14.4 Å². The Bertz CT molecular complexity index is 476. The molecule has 0 radical (unpaired) electrons. The van der Waals surface area contributed by atoms with E-state index in [4.69, 9.17) is 5.73 Å². The molecule has 3 amide bonds. The van der Waals surface area contributed by atoms with Crippen LogP contribution in [0.2, 0.25) is 0 Å². The first-order valence-corrected chi connectivity index (χ1v) is 6.93. The van der Waals surface area contributed by atoms with Crippen molar-refractivity contribution in [3.63, 3.8) is 0 Å². The fraction of sp³-hybridized carbons (Fsp3) is 0.400. The van der Waals surface area contributed by atoms with E-state index in [2.05, 4.69) is 0 Å². The van der Waals surface area contributed by atoms with Gasteiger partial charge in [-0.15, -0.1) is 0 Å². The Labute approximate surface area is 124 Å². The fourth-order valence-electron chi connectivity index (χ4n) is 1.85. The Balaban J connectivity index is 2.73. The summed E-state index contributed by atoms with van der Waals surface area (Å²) in [5.74, 6) is -1.48. The summed E-state index contributed by atoms with van der Waals surface area (Å²) < 4.78 is 0. The zero-order valence-corrected chi connectivity index (χ0v) is 12.2. The van der Waals surface area contributed by atoms with Crippen LogP contribution in [-0.4, -0.2) is 47.7 Å². The number of hydrogen-bond donors (Lipinski definition) is 1. The molecule has 0 saturated heterocycles. The summed E-state index contributed by atoms with van der Waals surface area (Å²) in [4.78, 5) is 37.4. The van der Waals surface area contributed by atoms with Crippen LogP contribution in [0.5, 0.6) is 0 Å². The molecule has 0 aliphatic heterocycles. The second-order valence-corrected chi connectivity index (χ2v) is 4.55. The molecule has 0 atom stereocenters.